The number of aromatic nitrogens is 3. The topological polar surface area (TPSA) is 67.8 Å². The summed E-state index contributed by atoms with van der Waals surface area (Å²) in [5.41, 5.74) is 1.63. The summed E-state index contributed by atoms with van der Waals surface area (Å²) < 4.78 is 0. The van der Waals surface area contributed by atoms with Crippen molar-refractivity contribution < 1.29 is 4.79 Å². The van der Waals surface area contributed by atoms with Crippen LogP contribution in [-0.2, 0) is 0 Å². The maximum Gasteiger partial charge on any atom is 0.254 e. The number of rotatable bonds is 1. The third-order valence-electron chi connectivity index (χ3n) is 1.85. The molecule has 0 aromatic carbocycles. The van der Waals surface area contributed by atoms with Crippen LogP contribution < -0.4 is 5.32 Å². The molecule has 0 radical (unpaired) electrons. The van der Waals surface area contributed by atoms with Crippen molar-refractivity contribution >= 4 is 16.9 Å². The van der Waals surface area contributed by atoms with Gasteiger partial charge in [-0.3, -0.25) is 19.7 Å². The van der Waals surface area contributed by atoms with Crippen molar-refractivity contribution in [1.29, 1.82) is 0 Å². The van der Waals surface area contributed by atoms with Gasteiger partial charge in [-0.1, -0.05) is 0 Å². The van der Waals surface area contributed by atoms with Crippen LogP contribution in [0.15, 0.2) is 24.8 Å². The predicted octanol–water partition coefficient (Wildman–Crippen LogP) is 0.384. The monoisotopic (exact) mass is 188 g/mol. The van der Waals surface area contributed by atoms with Crippen LogP contribution in [0.3, 0.4) is 0 Å². The van der Waals surface area contributed by atoms with E-state index in [4.69, 9.17) is 0 Å². The minimum atomic E-state index is -0.205. The van der Waals surface area contributed by atoms with E-state index in [1.54, 1.807) is 25.6 Å². The number of pyridine rings is 1. The summed E-state index contributed by atoms with van der Waals surface area (Å²) in [5, 5.41) is 2.53. The summed E-state index contributed by atoms with van der Waals surface area (Å²) >= 11 is 0. The number of hydrogen-bond acceptors (Lipinski definition) is 4. The van der Waals surface area contributed by atoms with Gasteiger partial charge < -0.3 is 5.32 Å². The molecule has 0 bridgehead atoms. The highest BCUT2D eigenvalue weighted by Crippen LogP contribution is 2.11. The minimum absolute atomic E-state index is 0.205. The molecule has 0 spiro atoms. The van der Waals surface area contributed by atoms with E-state index in [0.717, 1.165) is 0 Å². The highest BCUT2D eigenvalue weighted by molar-refractivity contribution is 6.03. The lowest BCUT2D eigenvalue weighted by molar-refractivity contribution is 0.0964. The van der Waals surface area contributed by atoms with E-state index in [2.05, 4.69) is 20.3 Å². The van der Waals surface area contributed by atoms with Gasteiger partial charge in [-0.15, -0.1) is 0 Å². The molecular formula is C9H8N4O. The third-order valence-corrected chi connectivity index (χ3v) is 1.85. The molecule has 0 aliphatic carbocycles. The quantitative estimate of drug-likeness (QED) is 0.702. The van der Waals surface area contributed by atoms with Gasteiger partial charge in [-0.25, -0.2) is 0 Å². The number of nitrogens with one attached hydrogen (secondary N) is 1. The zero-order valence-corrected chi connectivity index (χ0v) is 7.56. The number of fused-ring (bicyclic) bond motifs is 1. The van der Waals surface area contributed by atoms with Gasteiger partial charge in [0, 0.05) is 25.6 Å². The number of carbonyl (C=O) groups is 1. The van der Waals surface area contributed by atoms with Gasteiger partial charge >= 0.3 is 0 Å². The Hall–Kier alpha value is -2.04. The van der Waals surface area contributed by atoms with E-state index in [1.807, 2.05) is 0 Å². The summed E-state index contributed by atoms with van der Waals surface area (Å²) in [5.74, 6) is -0.205. The fourth-order valence-electron chi connectivity index (χ4n) is 1.20. The Balaban J connectivity index is 2.71. The van der Waals surface area contributed by atoms with Crippen molar-refractivity contribution in [2.24, 2.45) is 0 Å². The van der Waals surface area contributed by atoms with Crippen molar-refractivity contribution in [2.75, 3.05) is 7.05 Å². The molecule has 2 aromatic rings. The van der Waals surface area contributed by atoms with E-state index in [1.165, 1.54) is 6.20 Å². The van der Waals surface area contributed by atoms with Crippen LogP contribution in [0.25, 0.3) is 11.0 Å². The van der Waals surface area contributed by atoms with Gasteiger partial charge in [0.05, 0.1) is 11.8 Å². The molecule has 2 aromatic heterocycles. The van der Waals surface area contributed by atoms with E-state index in [9.17, 15) is 4.79 Å². The van der Waals surface area contributed by atoms with Gasteiger partial charge in [-0.05, 0) is 0 Å². The minimum Gasteiger partial charge on any atom is -0.355 e. The molecule has 0 fully saturated rings. The summed E-state index contributed by atoms with van der Waals surface area (Å²) in [4.78, 5) is 23.5. The molecule has 70 valence electrons. The van der Waals surface area contributed by atoms with Gasteiger partial charge in [0.15, 0.2) is 0 Å². The zero-order chi connectivity index (χ0) is 9.97. The molecule has 5 nitrogen and oxygen atoms in total. The van der Waals surface area contributed by atoms with Gasteiger partial charge in [0.2, 0.25) is 0 Å². The molecule has 0 aliphatic rings. The van der Waals surface area contributed by atoms with Crippen LogP contribution in [0, 0.1) is 0 Å². The SMILES string of the molecule is CNC(=O)c1cncc2nccnc12. The Labute approximate surface area is 80.2 Å². The standard InChI is InChI=1S/C9H8N4O/c1-10-9(14)6-4-11-5-7-8(6)13-3-2-12-7/h2-5H,1H3,(H,10,14). The number of amides is 1. The molecule has 0 saturated heterocycles. The molecule has 1 N–H and O–H groups in total. The molecule has 14 heavy (non-hydrogen) atoms. The summed E-state index contributed by atoms with van der Waals surface area (Å²) in [7, 11) is 1.57. The second-order valence-corrected chi connectivity index (χ2v) is 2.69. The van der Waals surface area contributed by atoms with Crippen LogP contribution in [0.2, 0.25) is 0 Å². The summed E-state index contributed by atoms with van der Waals surface area (Å²) in [6, 6.07) is 0. The molecular weight excluding hydrogens is 180 g/mol. The Morgan fingerprint density at radius 1 is 1.29 bits per heavy atom. The number of nitrogens with zero attached hydrogens (tertiary/aromatic N) is 3. The normalized spacial score (nSPS) is 10.1. The Morgan fingerprint density at radius 2 is 2.07 bits per heavy atom. The Bertz CT molecular complexity index is 478. The lowest BCUT2D eigenvalue weighted by Gasteiger charge is -2.01. The van der Waals surface area contributed by atoms with Gasteiger partial charge in [0.1, 0.15) is 11.0 Å². The first-order valence-electron chi connectivity index (χ1n) is 4.09. The van der Waals surface area contributed by atoms with E-state index < -0.39 is 0 Å². The second-order valence-electron chi connectivity index (χ2n) is 2.69. The van der Waals surface area contributed by atoms with E-state index >= 15 is 0 Å². The maximum atomic E-state index is 11.4. The van der Waals surface area contributed by atoms with Crippen molar-refractivity contribution in [3.05, 3.63) is 30.4 Å². The molecule has 1 amide bonds. The zero-order valence-electron chi connectivity index (χ0n) is 7.56. The lowest BCUT2D eigenvalue weighted by atomic mass is 10.2. The number of carbonyl (C=O) groups excluding carboxylic acids is 1. The third kappa shape index (κ3) is 1.28. The highest BCUT2D eigenvalue weighted by atomic mass is 16.1. The maximum absolute atomic E-state index is 11.4. The molecule has 0 aliphatic heterocycles. The van der Waals surface area contributed by atoms with Crippen LogP contribution in [0.4, 0.5) is 0 Å². The fourth-order valence-corrected chi connectivity index (χ4v) is 1.20. The van der Waals surface area contributed by atoms with Crippen LogP contribution in [0.5, 0.6) is 0 Å². The molecule has 0 unspecified atom stereocenters. The Kier molecular flexibility index (Phi) is 2.06. The smallest absolute Gasteiger partial charge is 0.254 e. The van der Waals surface area contributed by atoms with Crippen LogP contribution >= 0.6 is 0 Å². The molecule has 0 saturated carbocycles. The van der Waals surface area contributed by atoms with Gasteiger partial charge in [-0.2, -0.15) is 0 Å². The number of hydrogen-bond donors (Lipinski definition) is 1. The van der Waals surface area contributed by atoms with Crippen molar-refractivity contribution in [1.82, 2.24) is 20.3 Å². The first-order valence-corrected chi connectivity index (χ1v) is 4.09. The van der Waals surface area contributed by atoms with Crippen molar-refractivity contribution in [3.8, 4) is 0 Å². The van der Waals surface area contributed by atoms with Crippen LogP contribution in [0.1, 0.15) is 10.4 Å². The summed E-state index contributed by atoms with van der Waals surface area (Å²) in [6.45, 7) is 0. The van der Waals surface area contributed by atoms with E-state index in [0.29, 0.717) is 16.6 Å². The van der Waals surface area contributed by atoms with Gasteiger partial charge in [0.25, 0.3) is 5.91 Å². The average Bonchev–Trinajstić information content (AvgIpc) is 2.27. The first kappa shape index (κ1) is 8.55. The van der Waals surface area contributed by atoms with E-state index in [-0.39, 0.29) is 5.91 Å². The Morgan fingerprint density at radius 3 is 2.86 bits per heavy atom. The lowest BCUT2D eigenvalue weighted by Crippen LogP contribution is -2.18. The average molecular weight is 188 g/mol. The molecule has 0 atom stereocenters. The highest BCUT2D eigenvalue weighted by Gasteiger charge is 2.09. The first-order chi connectivity index (χ1) is 6.83. The predicted molar refractivity (Wildman–Crippen MR) is 50.7 cm³/mol. The van der Waals surface area contributed by atoms with Crippen molar-refractivity contribution in [2.45, 2.75) is 0 Å². The molecule has 2 heterocycles. The molecule has 2 rings (SSSR count). The molecule has 5 heteroatoms. The summed E-state index contributed by atoms with van der Waals surface area (Å²) in [6.07, 6.45) is 6.18. The van der Waals surface area contributed by atoms with Crippen LogP contribution in [-0.4, -0.2) is 27.9 Å². The second kappa shape index (κ2) is 3.37. The fraction of sp³-hybridized carbons (Fsp3) is 0.111. The largest absolute Gasteiger partial charge is 0.355 e. The van der Waals surface area contributed by atoms with Crippen molar-refractivity contribution in [3.63, 3.8) is 0 Å².